The van der Waals surface area contributed by atoms with Gasteiger partial charge in [-0.2, -0.15) is 0 Å². The number of para-hydroxylation sites is 1. The van der Waals surface area contributed by atoms with E-state index < -0.39 is 6.17 Å². The number of hydrogen-bond acceptors (Lipinski definition) is 5. The summed E-state index contributed by atoms with van der Waals surface area (Å²) in [7, 11) is 0. The molecule has 9 rings (SSSR count). The molecule has 0 spiro atoms. The van der Waals surface area contributed by atoms with Crippen LogP contribution in [0.25, 0.3) is 54.3 Å². The number of pyridine rings is 1. The maximum absolute atomic E-state index is 6.21. The van der Waals surface area contributed by atoms with Crippen LogP contribution in [0.5, 0.6) is 0 Å². The van der Waals surface area contributed by atoms with E-state index >= 15 is 0 Å². The van der Waals surface area contributed by atoms with Gasteiger partial charge in [0.05, 0.1) is 11.1 Å². The third-order valence-electron chi connectivity index (χ3n) is 8.35. The predicted molar refractivity (Wildman–Crippen MR) is 176 cm³/mol. The molecule has 1 atom stereocenters. The van der Waals surface area contributed by atoms with E-state index in [4.69, 9.17) is 19.4 Å². The standard InChI is InChI=1S/C38H24N4O/c1-2-11-24(12-3-1)36-40-37(42-38(41-36)35-34-29-16-8-9-17-31(29)43-32(34)20-21-39-35)30-22-25-13-5-6-14-26(25)28-19-18-23-10-4-7-15-27(23)33(28)30/h1-22,38H,(H,40,41,42). The molecule has 1 aliphatic heterocycles. The molecule has 8 aromatic rings. The molecule has 1 unspecified atom stereocenters. The van der Waals surface area contributed by atoms with Crippen molar-refractivity contribution in [3.8, 4) is 0 Å². The number of furan rings is 1. The first-order chi connectivity index (χ1) is 21.3. The minimum Gasteiger partial charge on any atom is -0.456 e. The highest BCUT2D eigenvalue weighted by atomic mass is 16.3. The number of fused-ring (bicyclic) bond motifs is 8. The molecule has 5 heteroatoms. The molecule has 202 valence electrons. The summed E-state index contributed by atoms with van der Waals surface area (Å²) in [5.74, 6) is 1.52. The van der Waals surface area contributed by atoms with Crippen LogP contribution in [0.3, 0.4) is 0 Å². The number of benzene rings is 6. The lowest BCUT2D eigenvalue weighted by Gasteiger charge is -2.24. The zero-order chi connectivity index (χ0) is 28.3. The Bertz CT molecular complexity index is 2440. The fraction of sp³-hybridized carbons (Fsp3) is 0.0263. The Morgan fingerprint density at radius 2 is 1.26 bits per heavy atom. The van der Waals surface area contributed by atoms with Gasteiger partial charge in [-0.3, -0.25) is 4.98 Å². The van der Waals surface area contributed by atoms with E-state index in [1.807, 2.05) is 42.5 Å². The minimum absolute atomic E-state index is 0.576. The van der Waals surface area contributed by atoms with Gasteiger partial charge in [-0.1, -0.05) is 109 Å². The highest BCUT2D eigenvalue weighted by Crippen LogP contribution is 2.38. The Balaban J connectivity index is 1.35. The molecule has 0 bridgehead atoms. The van der Waals surface area contributed by atoms with E-state index in [1.54, 1.807) is 6.20 Å². The summed E-state index contributed by atoms with van der Waals surface area (Å²) < 4.78 is 6.21. The summed E-state index contributed by atoms with van der Waals surface area (Å²) in [4.78, 5) is 15.3. The monoisotopic (exact) mass is 552 g/mol. The van der Waals surface area contributed by atoms with Crippen molar-refractivity contribution in [1.29, 1.82) is 0 Å². The number of rotatable bonds is 3. The molecule has 43 heavy (non-hydrogen) atoms. The molecule has 0 saturated heterocycles. The van der Waals surface area contributed by atoms with Gasteiger partial charge in [0.1, 0.15) is 22.8 Å². The Morgan fingerprint density at radius 1 is 0.535 bits per heavy atom. The first kappa shape index (κ1) is 23.9. The number of aliphatic imine (C=N–C) groups is 2. The molecular weight excluding hydrogens is 528 g/mol. The van der Waals surface area contributed by atoms with Gasteiger partial charge in [-0.05, 0) is 45.1 Å². The average molecular weight is 553 g/mol. The van der Waals surface area contributed by atoms with Crippen LogP contribution in [-0.4, -0.2) is 16.7 Å². The highest BCUT2D eigenvalue weighted by molar-refractivity contribution is 6.28. The molecule has 5 nitrogen and oxygen atoms in total. The predicted octanol–water partition coefficient (Wildman–Crippen LogP) is 8.94. The summed E-state index contributed by atoms with van der Waals surface area (Å²) in [5, 5.41) is 12.7. The lowest BCUT2D eigenvalue weighted by molar-refractivity contribution is 0.665. The first-order valence-corrected chi connectivity index (χ1v) is 14.4. The van der Waals surface area contributed by atoms with Gasteiger partial charge in [-0.15, -0.1) is 0 Å². The van der Waals surface area contributed by atoms with Crippen molar-refractivity contribution in [3.63, 3.8) is 0 Å². The molecule has 0 saturated carbocycles. The molecule has 3 heterocycles. The van der Waals surface area contributed by atoms with E-state index in [0.717, 1.165) is 61.2 Å². The summed E-state index contributed by atoms with van der Waals surface area (Å²) in [6.07, 6.45) is 1.21. The topological polar surface area (TPSA) is 62.8 Å². The zero-order valence-electron chi connectivity index (χ0n) is 23.0. The minimum atomic E-state index is -0.576. The molecule has 1 aliphatic rings. The van der Waals surface area contributed by atoms with Crippen LogP contribution in [0.4, 0.5) is 0 Å². The summed E-state index contributed by atoms with van der Waals surface area (Å²) in [5.41, 5.74) is 4.39. The quantitative estimate of drug-likeness (QED) is 0.223. The van der Waals surface area contributed by atoms with Crippen molar-refractivity contribution in [2.75, 3.05) is 0 Å². The Labute approximate surface area is 246 Å². The van der Waals surface area contributed by atoms with Crippen LogP contribution in [-0.2, 0) is 0 Å². The van der Waals surface area contributed by atoms with Gasteiger partial charge in [0, 0.05) is 28.1 Å². The number of nitrogens with zero attached hydrogens (tertiary/aromatic N) is 3. The second-order valence-electron chi connectivity index (χ2n) is 10.8. The zero-order valence-corrected chi connectivity index (χ0v) is 23.0. The third kappa shape index (κ3) is 3.75. The van der Waals surface area contributed by atoms with E-state index in [9.17, 15) is 0 Å². The number of hydrogen-bond donors (Lipinski definition) is 1. The lowest BCUT2D eigenvalue weighted by Crippen LogP contribution is -2.36. The van der Waals surface area contributed by atoms with Gasteiger partial charge in [0.2, 0.25) is 0 Å². The van der Waals surface area contributed by atoms with Crippen LogP contribution in [0.15, 0.2) is 148 Å². The maximum atomic E-state index is 6.21. The Kier molecular flexibility index (Phi) is 5.19. The van der Waals surface area contributed by atoms with Gasteiger partial charge >= 0.3 is 0 Å². The Hall–Kier alpha value is -5.81. The van der Waals surface area contributed by atoms with Crippen molar-refractivity contribution in [1.82, 2.24) is 10.3 Å². The number of amidine groups is 2. The lowest BCUT2D eigenvalue weighted by atomic mass is 9.92. The van der Waals surface area contributed by atoms with Crippen LogP contribution < -0.4 is 5.32 Å². The van der Waals surface area contributed by atoms with E-state index in [1.165, 1.54) is 21.5 Å². The molecule has 0 radical (unpaired) electrons. The van der Waals surface area contributed by atoms with E-state index in [0.29, 0.717) is 0 Å². The second kappa shape index (κ2) is 9.36. The van der Waals surface area contributed by atoms with Crippen LogP contribution in [0, 0.1) is 0 Å². The van der Waals surface area contributed by atoms with Gasteiger partial charge < -0.3 is 9.73 Å². The van der Waals surface area contributed by atoms with Crippen molar-refractivity contribution in [2.45, 2.75) is 6.17 Å². The third-order valence-corrected chi connectivity index (χ3v) is 8.35. The smallest absolute Gasteiger partial charge is 0.187 e. The SMILES string of the molecule is c1ccc(C2=NC(c3nccc4oc5ccccc5c34)N=C(c3cc4ccccc4c4ccc5ccccc5c34)N2)cc1. The largest absolute Gasteiger partial charge is 0.456 e. The fourth-order valence-electron chi connectivity index (χ4n) is 6.41. The van der Waals surface area contributed by atoms with Crippen LogP contribution in [0.1, 0.15) is 23.0 Å². The van der Waals surface area contributed by atoms with Crippen molar-refractivity contribution in [2.24, 2.45) is 9.98 Å². The van der Waals surface area contributed by atoms with Crippen molar-refractivity contribution in [3.05, 3.63) is 150 Å². The second-order valence-corrected chi connectivity index (χ2v) is 10.8. The van der Waals surface area contributed by atoms with Crippen molar-refractivity contribution >= 4 is 65.9 Å². The van der Waals surface area contributed by atoms with Gasteiger partial charge in [0.15, 0.2) is 6.17 Å². The molecule has 1 N–H and O–H groups in total. The molecule has 0 aliphatic carbocycles. The molecule has 0 amide bonds. The molecule has 2 aromatic heterocycles. The number of aromatic nitrogens is 1. The highest BCUT2D eigenvalue weighted by Gasteiger charge is 2.26. The molecule has 6 aromatic carbocycles. The van der Waals surface area contributed by atoms with Crippen LogP contribution >= 0.6 is 0 Å². The van der Waals surface area contributed by atoms with Crippen molar-refractivity contribution < 1.29 is 4.42 Å². The first-order valence-electron chi connectivity index (χ1n) is 14.4. The maximum Gasteiger partial charge on any atom is 0.187 e. The van der Waals surface area contributed by atoms with Gasteiger partial charge in [0.25, 0.3) is 0 Å². The summed E-state index contributed by atoms with van der Waals surface area (Å²) in [6, 6.07) is 44.0. The van der Waals surface area contributed by atoms with Crippen LogP contribution in [0.2, 0.25) is 0 Å². The molecular formula is C38H24N4O. The average Bonchev–Trinajstić information content (AvgIpc) is 3.47. The normalized spacial score (nSPS) is 15.2. The van der Waals surface area contributed by atoms with E-state index in [2.05, 4.69) is 90.2 Å². The van der Waals surface area contributed by atoms with Gasteiger partial charge in [-0.25, -0.2) is 9.98 Å². The van der Waals surface area contributed by atoms with E-state index in [-0.39, 0.29) is 0 Å². The Morgan fingerprint density at radius 3 is 2.14 bits per heavy atom. The fourth-order valence-corrected chi connectivity index (χ4v) is 6.41. The molecule has 0 fully saturated rings. The number of nitrogens with one attached hydrogen (secondary N) is 1. The summed E-state index contributed by atoms with van der Waals surface area (Å²) in [6.45, 7) is 0. The summed E-state index contributed by atoms with van der Waals surface area (Å²) >= 11 is 0.